The van der Waals surface area contributed by atoms with Crippen molar-refractivity contribution < 1.29 is 19.1 Å². The van der Waals surface area contributed by atoms with Gasteiger partial charge in [0.05, 0.1) is 17.5 Å². The van der Waals surface area contributed by atoms with Gasteiger partial charge in [-0.05, 0) is 56.7 Å². The Hall–Kier alpha value is -3.68. The lowest BCUT2D eigenvalue weighted by molar-refractivity contribution is -0.153. The molecule has 1 heterocycles. The van der Waals surface area contributed by atoms with E-state index in [0.29, 0.717) is 47.6 Å². The molecule has 8 nitrogen and oxygen atoms in total. The number of aromatic amines is 1. The summed E-state index contributed by atoms with van der Waals surface area (Å²) in [6.07, 6.45) is 0.0321. The van der Waals surface area contributed by atoms with Crippen LogP contribution in [0.25, 0.3) is 10.9 Å². The molecule has 3 aromatic rings. The highest BCUT2D eigenvalue weighted by molar-refractivity contribution is 5.95. The van der Waals surface area contributed by atoms with Gasteiger partial charge in [0.2, 0.25) is 0 Å². The maximum absolute atomic E-state index is 12.2. The summed E-state index contributed by atoms with van der Waals surface area (Å²) in [6, 6.07) is 14.0. The number of amides is 1. The Morgan fingerprint density at radius 1 is 1.13 bits per heavy atom. The molecule has 0 saturated carbocycles. The Labute approximate surface area is 179 Å². The maximum atomic E-state index is 12.2. The number of aromatic nitrogens is 2. The monoisotopic (exact) mass is 423 g/mol. The van der Waals surface area contributed by atoms with Crippen LogP contribution in [0.5, 0.6) is 5.75 Å². The number of hydrogen-bond donors (Lipinski definition) is 2. The number of aryl methyl sites for hydroxylation is 1. The number of ether oxygens (including phenoxy) is 2. The summed E-state index contributed by atoms with van der Waals surface area (Å²) >= 11 is 0. The highest BCUT2D eigenvalue weighted by Gasteiger charge is 2.18. The number of carbonyl (C=O) groups excluding carboxylic acids is 2. The van der Waals surface area contributed by atoms with E-state index in [1.54, 1.807) is 42.5 Å². The van der Waals surface area contributed by atoms with Crippen LogP contribution in [0.2, 0.25) is 0 Å². The summed E-state index contributed by atoms with van der Waals surface area (Å²) in [5, 5.41) is 3.23. The molecule has 1 atom stereocenters. The van der Waals surface area contributed by atoms with Gasteiger partial charge >= 0.3 is 5.97 Å². The minimum Gasteiger partial charge on any atom is -0.494 e. The van der Waals surface area contributed by atoms with Crippen molar-refractivity contribution in [3.63, 3.8) is 0 Å². The molecule has 0 radical (unpaired) electrons. The quantitative estimate of drug-likeness (QED) is 0.512. The zero-order valence-electron chi connectivity index (χ0n) is 17.5. The number of anilines is 1. The van der Waals surface area contributed by atoms with Crippen LogP contribution in [-0.4, -0.2) is 34.6 Å². The molecule has 0 unspecified atom stereocenters. The first-order valence-electron chi connectivity index (χ1n) is 10.2. The molecule has 0 fully saturated rings. The predicted octanol–water partition coefficient (Wildman–Crippen LogP) is 3.21. The molecule has 2 aromatic carbocycles. The van der Waals surface area contributed by atoms with Crippen LogP contribution in [0.3, 0.4) is 0 Å². The number of H-pyrrole nitrogens is 1. The predicted molar refractivity (Wildman–Crippen MR) is 117 cm³/mol. The first-order chi connectivity index (χ1) is 15.0. The van der Waals surface area contributed by atoms with Crippen LogP contribution >= 0.6 is 0 Å². The fourth-order valence-corrected chi connectivity index (χ4v) is 3.01. The molecule has 0 aliphatic rings. The Morgan fingerprint density at radius 2 is 1.87 bits per heavy atom. The van der Waals surface area contributed by atoms with Crippen molar-refractivity contribution in [1.29, 1.82) is 0 Å². The van der Waals surface area contributed by atoms with Gasteiger partial charge in [-0.25, -0.2) is 4.98 Å². The Balaban J connectivity index is 1.45. The van der Waals surface area contributed by atoms with Crippen LogP contribution in [0.4, 0.5) is 5.69 Å². The number of nitrogens with one attached hydrogen (secondary N) is 2. The van der Waals surface area contributed by atoms with Gasteiger partial charge in [0.15, 0.2) is 6.10 Å². The highest BCUT2D eigenvalue weighted by atomic mass is 16.5. The largest absolute Gasteiger partial charge is 0.494 e. The summed E-state index contributed by atoms with van der Waals surface area (Å²) < 4.78 is 10.6. The molecule has 0 spiro atoms. The molecule has 2 N–H and O–H groups in total. The Kier molecular flexibility index (Phi) is 7.37. The third kappa shape index (κ3) is 6.15. The minimum absolute atomic E-state index is 0.108. The van der Waals surface area contributed by atoms with E-state index in [0.717, 1.165) is 0 Å². The van der Waals surface area contributed by atoms with Crippen molar-refractivity contribution in [3.8, 4) is 5.75 Å². The Bertz CT molecular complexity index is 1110. The molecule has 0 bridgehead atoms. The minimum atomic E-state index is -0.933. The molecule has 1 amide bonds. The first kappa shape index (κ1) is 22.0. The van der Waals surface area contributed by atoms with Crippen molar-refractivity contribution in [2.24, 2.45) is 0 Å². The number of hydrogen-bond acceptors (Lipinski definition) is 6. The van der Waals surface area contributed by atoms with E-state index in [4.69, 9.17) is 9.47 Å². The van der Waals surface area contributed by atoms with Crippen LogP contribution in [-0.2, 0) is 20.7 Å². The summed E-state index contributed by atoms with van der Waals surface area (Å²) in [4.78, 5) is 43.5. The highest BCUT2D eigenvalue weighted by Crippen LogP contribution is 2.16. The molecule has 0 aliphatic carbocycles. The van der Waals surface area contributed by atoms with E-state index in [1.165, 1.54) is 6.92 Å². The number of carbonyl (C=O) groups is 2. The lowest BCUT2D eigenvalue weighted by Crippen LogP contribution is -2.29. The number of rotatable bonds is 9. The van der Waals surface area contributed by atoms with E-state index < -0.39 is 18.0 Å². The molecule has 31 heavy (non-hydrogen) atoms. The van der Waals surface area contributed by atoms with E-state index in [1.807, 2.05) is 13.0 Å². The fourth-order valence-electron chi connectivity index (χ4n) is 3.01. The molecule has 0 saturated heterocycles. The first-order valence-corrected chi connectivity index (χ1v) is 10.2. The average Bonchev–Trinajstić information content (AvgIpc) is 2.75. The van der Waals surface area contributed by atoms with Crippen molar-refractivity contribution in [1.82, 2.24) is 9.97 Å². The number of benzene rings is 2. The van der Waals surface area contributed by atoms with Crippen molar-refractivity contribution >= 4 is 28.5 Å². The number of esters is 1. The third-order valence-corrected chi connectivity index (χ3v) is 4.57. The molecule has 0 aliphatic heterocycles. The van der Waals surface area contributed by atoms with Crippen LogP contribution in [0.15, 0.2) is 53.3 Å². The second-order valence-electron chi connectivity index (χ2n) is 6.96. The van der Waals surface area contributed by atoms with Gasteiger partial charge in [-0.1, -0.05) is 12.1 Å². The molecule has 162 valence electrons. The third-order valence-electron chi connectivity index (χ3n) is 4.57. The Morgan fingerprint density at radius 3 is 2.61 bits per heavy atom. The van der Waals surface area contributed by atoms with E-state index in [9.17, 15) is 14.4 Å². The van der Waals surface area contributed by atoms with Gasteiger partial charge in [-0.3, -0.25) is 14.4 Å². The van der Waals surface area contributed by atoms with Crippen molar-refractivity contribution in [2.45, 2.75) is 39.2 Å². The molecule has 1 aromatic heterocycles. The fraction of sp³-hybridized carbons (Fsp3) is 0.304. The molecule has 3 rings (SSSR count). The topological polar surface area (TPSA) is 110 Å². The molecular formula is C23H25N3O5. The normalized spacial score (nSPS) is 11.7. The maximum Gasteiger partial charge on any atom is 0.306 e. The molecular weight excluding hydrogens is 398 g/mol. The van der Waals surface area contributed by atoms with E-state index in [-0.39, 0.29) is 12.0 Å². The number of para-hydroxylation sites is 1. The number of nitrogens with zero attached hydrogens (tertiary/aromatic N) is 1. The van der Waals surface area contributed by atoms with E-state index >= 15 is 0 Å². The van der Waals surface area contributed by atoms with Crippen LogP contribution in [0, 0.1) is 0 Å². The van der Waals surface area contributed by atoms with Gasteiger partial charge in [0, 0.05) is 18.5 Å². The zero-order chi connectivity index (χ0) is 22.2. The SMILES string of the molecule is CCOc1ccc(NC(=O)[C@H](C)OC(=O)CCCc2nc3ccccc3c(=O)[nH]2)cc1. The second-order valence-corrected chi connectivity index (χ2v) is 6.96. The van der Waals surface area contributed by atoms with Crippen LogP contribution < -0.4 is 15.6 Å². The smallest absolute Gasteiger partial charge is 0.306 e. The average molecular weight is 423 g/mol. The van der Waals surface area contributed by atoms with Gasteiger partial charge < -0.3 is 19.8 Å². The summed E-state index contributed by atoms with van der Waals surface area (Å²) in [6.45, 7) is 3.97. The van der Waals surface area contributed by atoms with Gasteiger partial charge in [-0.2, -0.15) is 0 Å². The van der Waals surface area contributed by atoms with Crippen molar-refractivity contribution in [2.75, 3.05) is 11.9 Å². The van der Waals surface area contributed by atoms with E-state index in [2.05, 4.69) is 15.3 Å². The zero-order valence-corrected chi connectivity index (χ0v) is 17.5. The van der Waals surface area contributed by atoms with Gasteiger partial charge in [-0.15, -0.1) is 0 Å². The molecule has 8 heteroatoms. The van der Waals surface area contributed by atoms with Crippen LogP contribution in [0.1, 0.15) is 32.5 Å². The van der Waals surface area contributed by atoms with Gasteiger partial charge in [0.1, 0.15) is 11.6 Å². The van der Waals surface area contributed by atoms with Crippen molar-refractivity contribution in [3.05, 3.63) is 64.7 Å². The standard InChI is InChI=1S/C23H25N3O5/c1-3-30-17-13-11-16(12-14-17)24-22(28)15(2)31-21(27)10-6-9-20-25-19-8-5-4-7-18(19)23(29)26-20/h4-5,7-8,11-15H,3,6,9-10H2,1-2H3,(H,24,28)(H,25,26,29)/t15-/m0/s1. The summed E-state index contributed by atoms with van der Waals surface area (Å²) in [7, 11) is 0. The lowest BCUT2D eigenvalue weighted by Gasteiger charge is -2.14. The summed E-state index contributed by atoms with van der Waals surface area (Å²) in [5.74, 6) is 0.315. The second kappa shape index (κ2) is 10.4. The van der Waals surface area contributed by atoms with Gasteiger partial charge in [0.25, 0.3) is 11.5 Å². The number of fused-ring (bicyclic) bond motifs is 1. The lowest BCUT2D eigenvalue weighted by atomic mass is 10.2. The summed E-state index contributed by atoms with van der Waals surface area (Å²) in [5.41, 5.74) is 0.994.